The zero-order valence-corrected chi connectivity index (χ0v) is 11.9. The summed E-state index contributed by atoms with van der Waals surface area (Å²) in [4.78, 5) is 0. The van der Waals surface area contributed by atoms with Crippen LogP contribution in [0.1, 0.15) is 11.1 Å². The van der Waals surface area contributed by atoms with Crippen molar-refractivity contribution in [2.75, 3.05) is 5.73 Å². The lowest BCUT2D eigenvalue weighted by molar-refractivity contribution is 1.20. The van der Waals surface area contributed by atoms with Crippen molar-refractivity contribution in [3.05, 3.63) is 52.0 Å². The normalized spacial score (nSPS) is 11.1. The van der Waals surface area contributed by atoms with Crippen LogP contribution in [0, 0.1) is 13.8 Å². The van der Waals surface area contributed by atoms with Gasteiger partial charge in [0.05, 0.1) is 11.4 Å². The molecular formula is C14H14BrN3. The van der Waals surface area contributed by atoms with Gasteiger partial charge in [-0.1, -0.05) is 18.2 Å². The first-order valence-corrected chi connectivity index (χ1v) is 6.40. The summed E-state index contributed by atoms with van der Waals surface area (Å²) in [6, 6.07) is 11.7. The van der Waals surface area contributed by atoms with E-state index in [1.54, 1.807) is 0 Å². The Morgan fingerprint density at radius 2 is 1.72 bits per heavy atom. The van der Waals surface area contributed by atoms with Gasteiger partial charge in [-0.05, 0) is 59.1 Å². The molecule has 0 saturated heterocycles. The molecule has 2 aromatic carbocycles. The third-order valence-electron chi connectivity index (χ3n) is 2.71. The summed E-state index contributed by atoms with van der Waals surface area (Å²) in [7, 11) is 0. The number of azo groups is 1. The molecule has 0 aliphatic heterocycles. The summed E-state index contributed by atoms with van der Waals surface area (Å²) in [5, 5.41) is 8.49. The Bertz CT molecular complexity index is 583. The summed E-state index contributed by atoms with van der Waals surface area (Å²) in [6.45, 7) is 3.96. The van der Waals surface area contributed by atoms with Gasteiger partial charge in [-0.15, -0.1) is 0 Å². The molecule has 0 fully saturated rings. The SMILES string of the molecule is Cc1ccccc1/N=N/c1cc(C)c(N)c(Br)c1. The average Bonchev–Trinajstić information content (AvgIpc) is 2.35. The van der Waals surface area contributed by atoms with Crippen molar-refractivity contribution in [2.45, 2.75) is 13.8 Å². The van der Waals surface area contributed by atoms with Crippen molar-refractivity contribution < 1.29 is 0 Å². The number of nitrogens with zero attached hydrogens (tertiary/aromatic N) is 2. The van der Waals surface area contributed by atoms with Gasteiger partial charge in [0.25, 0.3) is 0 Å². The number of nitrogens with two attached hydrogens (primary N) is 1. The molecule has 92 valence electrons. The van der Waals surface area contributed by atoms with Crippen LogP contribution in [0.4, 0.5) is 17.1 Å². The van der Waals surface area contributed by atoms with E-state index in [-0.39, 0.29) is 0 Å². The van der Waals surface area contributed by atoms with E-state index in [1.807, 2.05) is 50.2 Å². The molecule has 0 radical (unpaired) electrons. The van der Waals surface area contributed by atoms with Crippen LogP contribution in [0.2, 0.25) is 0 Å². The van der Waals surface area contributed by atoms with Crippen LogP contribution in [-0.4, -0.2) is 0 Å². The van der Waals surface area contributed by atoms with Crippen molar-refractivity contribution in [1.82, 2.24) is 0 Å². The highest BCUT2D eigenvalue weighted by Crippen LogP contribution is 2.30. The Morgan fingerprint density at radius 1 is 1.00 bits per heavy atom. The third-order valence-corrected chi connectivity index (χ3v) is 3.37. The zero-order chi connectivity index (χ0) is 13.1. The van der Waals surface area contributed by atoms with Gasteiger partial charge in [0.2, 0.25) is 0 Å². The van der Waals surface area contributed by atoms with Crippen LogP contribution in [0.3, 0.4) is 0 Å². The van der Waals surface area contributed by atoms with Crippen molar-refractivity contribution in [3.63, 3.8) is 0 Å². The molecule has 3 nitrogen and oxygen atoms in total. The van der Waals surface area contributed by atoms with Crippen molar-refractivity contribution in [1.29, 1.82) is 0 Å². The van der Waals surface area contributed by atoms with E-state index >= 15 is 0 Å². The van der Waals surface area contributed by atoms with E-state index in [0.717, 1.165) is 32.7 Å². The first kappa shape index (κ1) is 12.8. The maximum atomic E-state index is 5.86. The molecule has 0 aliphatic carbocycles. The predicted octanol–water partition coefficient (Wildman–Crippen LogP) is 5.06. The quantitative estimate of drug-likeness (QED) is 0.611. The number of benzene rings is 2. The van der Waals surface area contributed by atoms with Crippen LogP contribution in [0.25, 0.3) is 0 Å². The second-order valence-corrected chi connectivity index (χ2v) is 5.00. The number of hydrogen-bond donors (Lipinski definition) is 1. The highest BCUT2D eigenvalue weighted by atomic mass is 79.9. The second kappa shape index (κ2) is 5.31. The van der Waals surface area contributed by atoms with Crippen molar-refractivity contribution in [3.8, 4) is 0 Å². The molecule has 2 aromatic rings. The molecular weight excluding hydrogens is 290 g/mol. The van der Waals surface area contributed by atoms with E-state index in [0.29, 0.717) is 0 Å². The summed E-state index contributed by atoms with van der Waals surface area (Å²) in [6.07, 6.45) is 0. The molecule has 0 saturated carbocycles. The summed E-state index contributed by atoms with van der Waals surface area (Å²) in [5.74, 6) is 0. The lowest BCUT2D eigenvalue weighted by Crippen LogP contribution is -1.89. The number of nitrogen functional groups attached to an aromatic ring is 1. The van der Waals surface area contributed by atoms with Crippen LogP contribution < -0.4 is 5.73 Å². The van der Waals surface area contributed by atoms with E-state index < -0.39 is 0 Å². The molecule has 0 aromatic heterocycles. The number of halogens is 1. The predicted molar refractivity (Wildman–Crippen MR) is 78.6 cm³/mol. The van der Waals surface area contributed by atoms with Gasteiger partial charge in [0.1, 0.15) is 0 Å². The van der Waals surface area contributed by atoms with E-state index in [1.165, 1.54) is 0 Å². The molecule has 0 bridgehead atoms. The minimum atomic E-state index is 0.741. The van der Waals surface area contributed by atoms with Gasteiger partial charge < -0.3 is 5.73 Å². The minimum absolute atomic E-state index is 0.741. The Labute approximate surface area is 115 Å². The molecule has 0 spiro atoms. The van der Waals surface area contributed by atoms with Gasteiger partial charge in [-0.2, -0.15) is 10.2 Å². The van der Waals surface area contributed by atoms with Crippen LogP contribution in [-0.2, 0) is 0 Å². The summed E-state index contributed by atoms with van der Waals surface area (Å²) < 4.78 is 0.848. The zero-order valence-electron chi connectivity index (χ0n) is 10.3. The molecule has 2 N–H and O–H groups in total. The van der Waals surface area contributed by atoms with E-state index in [2.05, 4.69) is 26.2 Å². The summed E-state index contributed by atoms with van der Waals surface area (Å²) in [5.41, 5.74) is 10.4. The smallest absolute Gasteiger partial charge is 0.0886 e. The first-order chi connectivity index (χ1) is 8.58. The summed E-state index contributed by atoms with van der Waals surface area (Å²) >= 11 is 3.41. The largest absolute Gasteiger partial charge is 0.398 e. The number of rotatable bonds is 2. The van der Waals surface area contributed by atoms with Crippen molar-refractivity contribution in [2.24, 2.45) is 10.2 Å². The Hall–Kier alpha value is -1.68. The Balaban J connectivity index is 2.33. The van der Waals surface area contributed by atoms with Gasteiger partial charge in [0.15, 0.2) is 0 Å². The van der Waals surface area contributed by atoms with Crippen LogP contribution in [0.15, 0.2) is 51.1 Å². The first-order valence-electron chi connectivity index (χ1n) is 5.61. The van der Waals surface area contributed by atoms with Crippen LogP contribution in [0.5, 0.6) is 0 Å². The van der Waals surface area contributed by atoms with E-state index in [9.17, 15) is 0 Å². The fraction of sp³-hybridized carbons (Fsp3) is 0.143. The van der Waals surface area contributed by atoms with Gasteiger partial charge in [-0.25, -0.2) is 0 Å². The molecule has 2 rings (SSSR count). The number of anilines is 1. The molecule has 0 atom stereocenters. The van der Waals surface area contributed by atoms with Gasteiger partial charge >= 0.3 is 0 Å². The molecule has 18 heavy (non-hydrogen) atoms. The molecule has 0 heterocycles. The lowest BCUT2D eigenvalue weighted by atomic mass is 10.2. The topological polar surface area (TPSA) is 50.7 Å². The maximum Gasteiger partial charge on any atom is 0.0886 e. The number of hydrogen-bond acceptors (Lipinski definition) is 3. The lowest BCUT2D eigenvalue weighted by Gasteiger charge is -2.04. The van der Waals surface area contributed by atoms with E-state index in [4.69, 9.17) is 5.73 Å². The Morgan fingerprint density at radius 3 is 2.39 bits per heavy atom. The maximum absolute atomic E-state index is 5.86. The third kappa shape index (κ3) is 2.76. The molecule has 0 unspecified atom stereocenters. The van der Waals surface area contributed by atoms with Gasteiger partial charge in [-0.3, -0.25) is 0 Å². The highest BCUT2D eigenvalue weighted by Gasteiger charge is 2.02. The minimum Gasteiger partial charge on any atom is -0.398 e. The number of aryl methyl sites for hydroxylation is 2. The fourth-order valence-corrected chi connectivity index (χ4v) is 2.13. The Kier molecular flexibility index (Phi) is 3.77. The second-order valence-electron chi connectivity index (χ2n) is 4.14. The van der Waals surface area contributed by atoms with Gasteiger partial charge in [0, 0.05) is 10.2 Å². The van der Waals surface area contributed by atoms with Crippen molar-refractivity contribution >= 4 is 33.0 Å². The standard InChI is InChI=1S/C14H14BrN3/c1-9-5-3-4-6-13(9)18-17-11-7-10(2)14(16)12(15)8-11/h3-8H,16H2,1-2H3/b18-17+. The molecule has 0 amide bonds. The molecule has 0 aliphatic rings. The van der Waals surface area contributed by atoms with Crippen LogP contribution >= 0.6 is 15.9 Å². The molecule has 4 heteroatoms. The monoisotopic (exact) mass is 303 g/mol. The average molecular weight is 304 g/mol. The highest BCUT2D eigenvalue weighted by molar-refractivity contribution is 9.10. The fourth-order valence-electron chi connectivity index (χ4n) is 1.58.